The Bertz CT molecular complexity index is 535. The molecule has 3 unspecified atom stereocenters. The predicted molar refractivity (Wildman–Crippen MR) is 103 cm³/mol. The van der Waals surface area contributed by atoms with Gasteiger partial charge in [0.15, 0.2) is 0 Å². The van der Waals surface area contributed by atoms with E-state index in [4.69, 9.17) is 0 Å². The van der Waals surface area contributed by atoms with Crippen LogP contribution in [-0.2, 0) is 5.60 Å². The molecule has 25 heavy (non-hydrogen) atoms. The lowest BCUT2D eigenvalue weighted by Gasteiger charge is -2.45. The van der Waals surface area contributed by atoms with E-state index in [-0.39, 0.29) is 11.7 Å². The third kappa shape index (κ3) is 4.57. The molecule has 0 aliphatic heterocycles. The molecule has 0 saturated heterocycles. The number of aliphatic hydroxyl groups is 1. The summed E-state index contributed by atoms with van der Waals surface area (Å²) in [5.41, 5.74) is 0.202. The van der Waals surface area contributed by atoms with E-state index in [2.05, 4.69) is 19.0 Å². The number of phenolic OH excluding ortho intramolecular Hbond substituents is 1. The normalized spacial score (nSPS) is 30.9. The van der Waals surface area contributed by atoms with Gasteiger partial charge in [0.25, 0.3) is 0 Å². The monoisotopic (exact) mass is 345 g/mol. The first-order valence-electron chi connectivity index (χ1n) is 10.1. The first kappa shape index (κ1) is 18.7. The van der Waals surface area contributed by atoms with Gasteiger partial charge >= 0.3 is 0 Å². The van der Waals surface area contributed by atoms with Gasteiger partial charge < -0.3 is 15.1 Å². The molecule has 3 rings (SSSR count). The Morgan fingerprint density at radius 2 is 1.64 bits per heavy atom. The Kier molecular flexibility index (Phi) is 6.06. The van der Waals surface area contributed by atoms with Crippen molar-refractivity contribution in [3.05, 3.63) is 29.8 Å². The van der Waals surface area contributed by atoms with E-state index in [1.807, 2.05) is 12.1 Å². The fraction of sp³-hybridized carbons (Fsp3) is 0.727. The molecule has 1 aromatic carbocycles. The zero-order valence-corrected chi connectivity index (χ0v) is 16.0. The van der Waals surface area contributed by atoms with Crippen LogP contribution in [0.5, 0.6) is 5.75 Å². The Morgan fingerprint density at radius 1 is 1.00 bits per heavy atom. The van der Waals surface area contributed by atoms with Gasteiger partial charge in [-0.05, 0) is 62.9 Å². The Hall–Kier alpha value is -1.06. The second-order valence-corrected chi connectivity index (χ2v) is 8.80. The molecule has 3 heteroatoms. The quantitative estimate of drug-likeness (QED) is 0.796. The molecule has 2 N–H and O–H groups in total. The summed E-state index contributed by atoms with van der Waals surface area (Å²) in [5.74, 6) is 2.24. The lowest BCUT2D eigenvalue weighted by Crippen LogP contribution is -2.45. The van der Waals surface area contributed by atoms with Gasteiger partial charge in [-0.15, -0.1) is 0 Å². The summed E-state index contributed by atoms with van der Waals surface area (Å²) in [6.45, 7) is 0.914. The van der Waals surface area contributed by atoms with Gasteiger partial charge in [-0.25, -0.2) is 0 Å². The SMILES string of the molecule is CN(C)CC1CC(CCC2CCCC2)CCC1(O)c1ccc(O)cc1. The number of nitrogens with zero attached hydrogens (tertiary/aromatic N) is 1. The molecule has 0 spiro atoms. The third-order valence-electron chi connectivity index (χ3n) is 6.64. The maximum absolute atomic E-state index is 11.5. The van der Waals surface area contributed by atoms with Crippen molar-refractivity contribution >= 4 is 0 Å². The van der Waals surface area contributed by atoms with Gasteiger partial charge in [0.05, 0.1) is 5.60 Å². The highest BCUT2D eigenvalue weighted by atomic mass is 16.3. The van der Waals surface area contributed by atoms with E-state index in [0.717, 1.165) is 43.2 Å². The van der Waals surface area contributed by atoms with Gasteiger partial charge in [-0.3, -0.25) is 0 Å². The first-order chi connectivity index (χ1) is 12.0. The standard InChI is InChI=1S/C22H35NO2/c1-23(2)16-20-15-18(8-7-17-5-3-4-6-17)13-14-22(20,25)19-9-11-21(24)12-10-19/h9-12,17-18,20,24-25H,3-8,13-16H2,1-2H3. The zero-order chi connectivity index (χ0) is 17.9. The smallest absolute Gasteiger partial charge is 0.115 e. The average Bonchev–Trinajstić information content (AvgIpc) is 3.09. The summed E-state index contributed by atoms with van der Waals surface area (Å²) in [6.07, 6.45) is 11.5. The van der Waals surface area contributed by atoms with Crippen LogP contribution in [0, 0.1) is 17.8 Å². The third-order valence-corrected chi connectivity index (χ3v) is 6.64. The first-order valence-corrected chi connectivity index (χ1v) is 10.1. The summed E-state index contributed by atoms with van der Waals surface area (Å²) in [6, 6.07) is 7.20. The maximum atomic E-state index is 11.5. The second kappa shape index (κ2) is 8.09. The van der Waals surface area contributed by atoms with Crippen molar-refractivity contribution in [1.29, 1.82) is 0 Å². The van der Waals surface area contributed by atoms with Crippen molar-refractivity contribution in [1.82, 2.24) is 4.90 Å². The molecule has 0 heterocycles. The summed E-state index contributed by atoms with van der Waals surface area (Å²) in [5, 5.41) is 21.1. The molecule has 2 aliphatic carbocycles. The second-order valence-electron chi connectivity index (χ2n) is 8.80. The highest BCUT2D eigenvalue weighted by Crippen LogP contribution is 2.46. The van der Waals surface area contributed by atoms with Crippen LogP contribution in [0.1, 0.15) is 63.4 Å². The summed E-state index contributed by atoms with van der Waals surface area (Å²) >= 11 is 0. The Morgan fingerprint density at radius 3 is 2.28 bits per heavy atom. The average molecular weight is 346 g/mol. The van der Waals surface area contributed by atoms with Crippen LogP contribution >= 0.6 is 0 Å². The van der Waals surface area contributed by atoms with Crippen LogP contribution in [-0.4, -0.2) is 35.8 Å². The van der Waals surface area contributed by atoms with Crippen LogP contribution in [0.2, 0.25) is 0 Å². The minimum Gasteiger partial charge on any atom is -0.508 e. The lowest BCUT2D eigenvalue weighted by molar-refractivity contribution is -0.0766. The number of benzene rings is 1. The van der Waals surface area contributed by atoms with Crippen LogP contribution < -0.4 is 0 Å². The van der Waals surface area contributed by atoms with E-state index in [0.29, 0.717) is 0 Å². The van der Waals surface area contributed by atoms with Gasteiger partial charge in [0.1, 0.15) is 5.75 Å². The molecular weight excluding hydrogens is 310 g/mol. The fourth-order valence-electron chi connectivity index (χ4n) is 5.17. The van der Waals surface area contributed by atoms with Crippen molar-refractivity contribution in [2.24, 2.45) is 17.8 Å². The zero-order valence-electron chi connectivity index (χ0n) is 16.0. The number of phenols is 1. The van der Waals surface area contributed by atoms with Crippen molar-refractivity contribution in [2.75, 3.05) is 20.6 Å². The van der Waals surface area contributed by atoms with Crippen molar-refractivity contribution in [3.63, 3.8) is 0 Å². The summed E-state index contributed by atoms with van der Waals surface area (Å²) in [4.78, 5) is 2.20. The molecular formula is C22H35NO2. The van der Waals surface area contributed by atoms with Crippen molar-refractivity contribution < 1.29 is 10.2 Å². The number of hydrogen-bond donors (Lipinski definition) is 2. The van der Waals surface area contributed by atoms with E-state index >= 15 is 0 Å². The number of aromatic hydroxyl groups is 1. The lowest BCUT2D eigenvalue weighted by atomic mass is 9.66. The van der Waals surface area contributed by atoms with E-state index in [1.54, 1.807) is 12.1 Å². The van der Waals surface area contributed by atoms with Crippen molar-refractivity contribution in [2.45, 2.75) is 63.4 Å². The molecule has 0 amide bonds. The Balaban J connectivity index is 1.68. The molecule has 1 aromatic rings. The molecule has 0 bridgehead atoms. The largest absolute Gasteiger partial charge is 0.508 e. The highest BCUT2D eigenvalue weighted by molar-refractivity contribution is 5.31. The molecule has 2 saturated carbocycles. The van der Waals surface area contributed by atoms with Crippen LogP contribution in [0.25, 0.3) is 0 Å². The fourth-order valence-corrected chi connectivity index (χ4v) is 5.17. The topological polar surface area (TPSA) is 43.7 Å². The van der Waals surface area contributed by atoms with Crippen LogP contribution in [0.3, 0.4) is 0 Å². The predicted octanol–water partition coefficient (Wildman–Crippen LogP) is 4.53. The summed E-state index contributed by atoms with van der Waals surface area (Å²) < 4.78 is 0. The minimum absolute atomic E-state index is 0.259. The van der Waals surface area contributed by atoms with Crippen molar-refractivity contribution in [3.8, 4) is 5.75 Å². The molecule has 0 radical (unpaired) electrons. The Labute approximate surface area is 153 Å². The molecule has 0 aromatic heterocycles. The van der Waals surface area contributed by atoms with E-state index in [1.165, 1.54) is 38.5 Å². The van der Waals surface area contributed by atoms with Crippen LogP contribution in [0.4, 0.5) is 0 Å². The van der Waals surface area contributed by atoms with Gasteiger partial charge in [0.2, 0.25) is 0 Å². The van der Waals surface area contributed by atoms with E-state index < -0.39 is 5.60 Å². The van der Waals surface area contributed by atoms with Crippen LogP contribution in [0.15, 0.2) is 24.3 Å². The summed E-state index contributed by atoms with van der Waals surface area (Å²) in [7, 11) is 4.19. The molecule has 2 fully saturated rings. The highest BCUT2D eigenvalue weighted by Gasteiger charge is 2.43. The number of hydrogen-bond acceptors (Lipinski definition) is 3. The van der Waals surface area contributed by atoms with Gasteiger partial charge in [0, 0.05) is 12.5 Å². The molecule has 3 atom stereocenters. The molecule has 2 aliphatic rings. The molecule has 3 nitrogen and oxygen atoms in total. The van der Waals surface area contributed by atoms with E-state index in [9.17, 15) is 10.2 Å². The van der Waals surface area contributed by atoms with Gasteiger partial charge in [-0.1, -0.05) is 50.7 Å². The molecule has 140 valence electrons. The number of rotatable bonds is 6. The van der Waals surface area contributed by atoms with Gasteiger partial charge in [-0.2, -0.15) is 0 Å². The minimum atomic E-state index is -0.762. The maximum Gasteiger partial charge on any atom is 0.115 e.